The lowest BCUT2D eigenvalue weighted by molar-refractivity contribution is -0.131. The number of aromatic nitrogens is 4. The number of benzene rings is 1. The number of nitrogens with two attached hydrogens (primary N) is 1. The monoisotopic (exact) mass is 410 g/mol. The number of amides is 1. The van der Waals surface area contributed by atoms with Gasteiger partial charge in [0.05, 0.1) is 26.5 Å². The van der Waals surface area contributed by atoms with Crippen molar-refractivity contribution >= 4 is 18.3 Å². The highest BCUT2D eigenvalue weighted by Crippen LogP contribution is 2.28. The van der Waals surface area contributed by atoms with E-state index in [0.717, 1.165) is 19.3 Å². The van der Waals surface area contributed by atoms with Crippen LogP contribution in [0, 0.1) is 5.92 Å². The highest BCUT2D eigenvalue weighted by atomic mass is 35.5. The van der Waals surface area contributed by atoms with E-state index < -0.39 is 0 Å². The summed E-state index contributed by atoms with van der Waals surface area (Å²) < 4.78 is 12.2. The normalized spacial score (nSPS) is 18.4. The number of methoxy groups -OCH3 is 2. The Labute approximate surface area is 170 Å². The Kier molecular flexibility index (Phi) is 7.59. The Morgan fingerprint density at radius 3 is 2.50 bits per heavy atom. The maximum absolute atomic E-state index is 12.6. The zero-order valence-corrected chi connectivity index (χ0v) is 17.2. The van der Waals surface area contributed by atoms with Crippen molar-refractivity contribution in [2.75, 3.05) is 21.3 Å². The molecular formula is C18H27ClN6O3. The van der Waals surface area contributed by atoms with E-state index in [-0.39, 0.29) is 30.3 Å². The summed E-state index contributed by atoms with van der Waals surface area (Å²) in [5.41, 5.74) is 6.79. The molecule has 0 unspecified atom stereocenters. The number of carbonyl (C=O) groups is 1. The molecule has 0 radical (unpaired) electrons. The Balaban J connectivity index is 0.00000280. The molecule has 0 saturated heterocycles. The van der Waals surface area contributed by atoms with Crippen molar-refractivity contribution in [1.29, 1.82) is 0 Å². The molecule has 1 aromatic carbocycles. The SMILES string of the molecule is COc1cc(OC)cc(-n2nnnc2CN(C)C(=O)C[C@@H]2CCC[C@H]2N)c1.Cl. The molecule has 1 aliphatic rings. The molecule has 2 N–H and O–H groups in total. The minimum Gasteiger partial charge on any atom is -0.497 e. The maximum Gasteiger partial charge on any atom is 0.223 e. The molecule has 2 aromatic rings. The van der Waals surface area contributed by atoms with Crippen LogP contribution in [0.25, 0.3) is 5.69 Å². The van der Waals surface area contributed by atoms with Gasteiger partial charge in [-0.25, -0.2) is 0 Å². The van der Waals surface area contributed by atoms with Crippen molar-refractivity contribution < 1.29 is 14.3 Å². The molecule has 1 aromatic heterocycles. The van der Waals surface area contributed by atoms with Crippen LogP contribution in [-0.4, -0.2) is 58.3 Å². The molecule has 2 atom stereocenters. The fourth-order valence-corrected chi connectivity index (χ4v) is 3.42. The lowest BCUT2D eigenvalue weighted by Gasteiger charge is -2.21. The molecule has 0 aliphatic heterocycles. The van der Waals surface area contributed by atoms with E-state index in [9.17, 15) is 4.79 Å². The van der Waals surface area contributed by atoms with Crippen LogP contribution in [0.4, 0.5) is 0 Å². The van der Waals surface area contributed by atoms with Gasteiger partial charge in [-0.05, 0) is 29.2 Å². The van der Waals surface area contributed by atoms with Gasteiger partial charge in [0, 0.05) is 37.7 Å². The number of rotatable bonds is 7. The molecule has 1 saturated carbocycles. The van der Waals surface area contributed by atoms with Crippen molar-refractivity contribution in [3.05, 3.63) is 24.0 Å². The van der Waals surface area contributed by atoms with Gasteiger partial charge in [0.25, 0.3) is 0 Å². The number of hydrogen-bond acceptors (Lipinski definition) is 7. The van der Waals surface area contributed by atoms with E-state index in [1.54, 1.807) is 36.9 Å². The highest BCUT2D eigenvalue weighted by molar-refractivity contribution is 5.85. The molecule has 10 heteroatoms. The second kappa shape index (κ2) is 9.70. The molecule has 1 aliphatic carbocycles. The van der Waals surface area contributed by atoms with Gasteiger partial charge in [0.1, 0.15) is 11.5 Å². The first-order valence-corrected chi connectivity index (χ1v) is 9.02. The van der Waals surface area contributed by atoms with Gasteiger partial charge in [0.2, 0.25) is 5.91 Å². The molecule has 1 fully saturated rings. The van der Waals surface area contributed by atoms with Crippen LogP contribution in [0.1, 0.15) is 31.5 Å². The Hall–Kier alpha value is -2.39. The molecular weight excluding hydrogens is 384 g/mol. The lowest BCUT2D eigenvalue weighted by atomic mass is 9.99. The van der Waals surface area contributed by atoms with Crippen LogP contribution in [0.5, 0.6) is 11.5 Å². The van der Waals surface area contributed by atoms with Crippen molar-refractivity contribution in [3.8, 4) is 17.2 Å². The topological polar surface area (TPSA) is 108 Å². The number of ether oxygens (including phenoxy) is 2. The summed E-state index contributed by atoms with van der Waals surface area (Å²) >= 11 is 0. The summed E-state index contributed by atoms with van der Waals surface area (Å²) in [6.45, 7) is 0.299. The largest absolute Gasteiger partial charge is 0.497 e. The van der Waals surface area contributed by atoms with E-state index >= 15 is 0 Å². The fourth-order valence-electron chi connectivity index (χ4n) is 3.42. The average Bonchev–Trinajstić information content (AvgIpc) is 3.30. The van der Waals surface area contributed by atoms with Gasteiger partial charge in [-0.15, -0.1) is 17.5 Å². The van der Waals surface area contributed by atoms with Crippen molar-refractivity contribution in [3.63, 3.8) is 0 Å². The molecule has 28 heavy (non-hydrogen) atoms. The van der Waals surface area contributed by atoms with Gasteiger partial charge in [-0.2, -0.15) is 4.68 Å². The molecule has 1 heterocycles. The van der Waals surface area contributed by atoms with E-state index in [2.05, 4.69) is 15.5 Å². The number of hydrogen-bond donors (Lipinski definition) is 1. The third kappa shape index (κ3) is 4.90. The summed E-state index contributed by atoms with van der Waals surface area (Å²) in [6.07, 6.45) is 3.57. The first-order valence-electron chi connectivity index (χ1n) is 9.02. The maximum atomic E-state index is 12.6. The predicted molar refractivity (Wildman–Crippen MR) is 106 cm³/mol. The van der Waals surface area contributed by atoms with Gasteiger partial charge >= 0.3 is 0 Å². The van der Waals surface area contributed by atoms with E-state index in [0.29, 0.717) is 36.0 Å². The van der Waals surface area contributed by atoms with Crippen LogP contribution < -0.4 is 15.2 Å². The van der Waals surface area contributed by atoms with Gasteiger partial charge in [-0.3, -0.25) is 4.79 Å². The Bertz CT molecular complexity index is 777. The molecule has 0 spiro atoms. The number of carbonyl (C=O) groups excluding carboxylic acids is 1. The summed E-state index contributed by atoms with van der Waals surface area (Å²) in [4.78, 5) is 14.2. The number of tetrazole rings is 1. The van der Waals surface area contributed by atoms with Crippen molar-refractivity contribution in [2.45, 2.75) is 38.3 Å². The fraction of sp³-hybridized carbons (Fsp3) is 0.556. The van der Waals surface area contributed by atoms with E-state index in [4.69, 9.17) is 15.2 Å². The van der Waals surface area contributed by atoms with E-state index in [1.807, 2.05) is 12.1 Å². The lowest BCUT2D eigenvalue weighted by Crippen LogP contribution is -2.33. The Morgan fingerprint density at radius 2 is 1.93 bits per heavy atom. The molecule has 154 valence electrons. The molecule has 9 nitrogen and oxygen atoms in total. The van der Waals surface area contributed by atoms with Crippen molar-refractivity contribution in [2.24, 2.45) is 11.7 Å². The number of nitrogens with zero attached hydrogens (tertiary/aromatic N) is 5. The number of halogens is 1. The molecule has 3 rings (SSSR count). The van der Waals surface area contributed by atoms with Crippen LogP contribution in [0.3, 0.4) is 0 Å². The second-order valence-electron chi connectivity index (χ2n) is 6.89. The highest BCUT2D eigenvalue weighted by Gasteiger charge is 2.27. The van der Waals surface area contributed by atoms with Gasteiger partial charge < -0.3 is 20.1 Å². The van der Waals surface area contributed by atoms with E-state index in [1.165, 1.54) is 0 Å². The van der Waals surface area contributed by atoms with Crippen LogP contribution in [0.2, 0.25) is 0 Å². The minimum absolute atomic E-state index is 0. The zero-order valence-electron chi connectivity index (χ0n) is 16.4. The third-order valence-electron chi connectivity index (χ3n) is 5.07. The first-order chi connectivity index (χ1) is 13.0. The summed E-state index contributed by atoms with van der Waals surface area (Å²) in [7, 11) is 4.92. The standard InChI is InChI=1S/C18H26N6O3.ClH/c1-23(18(25)7-12-5-4-6-16(12)19)11-17-20-21-22-24(17)13-8-14(26-2)10-15(9-13)27-3;/h8-10,12,16H,4-7,11,19H2,1-3H3;1H/t12-,16+;/m0./s1. The molecule has 0 bridgehead atoms. The van der Waals surface area contributed by atoms with Gasteiger partial charge in [0.15, 0.2) is 5.82 Å². The summed E-state index contributed by atoms with van der Waals surface area (Å²) in [5.74, 6) is 2.13. The summed E-state index contributed by atoms with van der Waals surface area (Å²) in [6, 6.07) is 5.51. The second-order valence-corrected chi connectivity index (χ2v) is 6.89. The Morgan fingerprint density at radius 1 is 1.25 bits per heavy atom. The van der Waals surface area contributed by atoms with Crippen LogP contribution >= 0.6 is 12.4 Å². The van der Waals surface area contributed by atoms with Crippen LogP contribution in [-0.2, 0) is 11.3 Å². The van der Waals surface area contributed by atoms with Gasteiger partial charge in [-0.1, -0.05) is 6.42 Å². The first kappa shape index (κ1) is 21.9. The molecule has 1 amide bonds. The quantitative estimate of drug-likeness (QED) is 0.737. The minimum atomic E-state index is 0. The summed E-state index contributed by atoms with van der Waals surface area (Å²) in [5, 5.41) is 11.9. The van der Waals surface area contributed by atoms with Crippen LogP contribution in [0.15, 0.2) is 18.2 Å². The predicted octanol–water partition coefficient (Wildman–Crippen LogP) is 1.58. The van der Waals surface area contributed by atoms with Crippen molar-refractivity contribution in [1.82, 2.24) is 25.1 Å². The third-order valence-corrected chi connectivity index (χ3v) is 5.07. The zero-order chi connectivity index (χ0) is 19.4. The smallest absolute Gasteiger partial charge is 0.223 e. The average molecular weight is 411 g/mol.